The fourth-order valence-electron chi connectivity index (χ4n) is 2.97. The Morgan fingerprint density at radius 1 is 1.27 bits per heavy atom. The number of amides is 2. The number of ether oxygens (including phenoxy) is 1. The van der Waals surface area contributed by atoms with Crippen molar-refractivity contribution < 1.29 is 19.1 Å². The number of nitrogens with zero attached hydrogens (tertiary/aromatic N) is 2. The Morgan fingerprint density at radius 3 is 2.62 bits per heavy atom. The number of methoxy groups -OCH3 is 1. The summed E-state index contributed by atoms with van der Waals surface area (Å²) in [7, 11) is 1.63. The minimum Gasteiger partial charge on any atom is -0.619 e. The van der Waals surface area contributed by atoms with Crippen molar-refractivity contribution in [3.8, 4) is 5.75 Å². The van der Waals surface area contributed by atoms with Crippen LogP contribution in [-0.2, 0) is 11.2 Å². The summed E-state index contributed by atoms with van der Waals surface area (Å²) >= 11 is 0. The van der Waals surface area contributed by atoms with Gasteiger partial charge in [-0.25, -0.2) is 0 Å². The molecule has 1 aromatic heterocycles. The van der Waals surface area contributed by atoms with E-state index in [1.807, 2.05) is 24.3 Å². The van der Waals surface area contributed by atoms with Gasteiger partial charge in [-0.1, -0.05) is 12.1 Å². The van der Waals surface area contributed by atoms with E-state index < -0.39 is 0 Å². The van der Waals surface area contributed by atoms with Crippen molar-refractivity contribution in [1.29, 1.82) is 0 Å². The van der Waals surface area contributed by atoms with Gasteiger partial charge in [0, 0.05) is 31.6 Å². The van der Waals surface area contributed by atoms with Crippen molar-refractivity contribution >= 4 is 11.8 Å². The molecule has 1 aromatic carbocycles. The van der Waals surface area contributed by atoms with Crippen molar-refractivity contribution in [3.63, 3.8) is 0 Å². The van der Waals surface area contributed by atoms with E-state index in [4.69, 9.17) is 4.74 Å². The van der Waals surface area contributed by atoms with Gasteiger partial charge in [-0.2, -0.15) is 4.73 Å². The smallest absolute Gasteiger partial charge is 0.252 e. The van der Waals surface area contributed by atoms with E-state index in [-0.39, 0.29) is 17.9 Å². The second-order valence-corrected chi connectivity index (χ2v) is 6.26. The Balaban J connectivity index is 1.51. The first kappa shape index (κ1) is 17.7. The predicted octanol–water partition coefficient (Wildman–Crippen LogP) is 0.902. The summed E-state index contributed by atoms with van der Waals surface area (Å²) in [5.41, 5.74) is 1.53. The molecule has 2 amide bonds. The SMILES string of the molecule is COc1ccc(CCN2CC(NC(=O)c3cc[n+]([O-])cc3)CC2=O)cc1. The molecule has 2 heterocycles. The van der Waals surface area contributed by atoms with Crippen molar-refractivity contribution in [2.75, 3.05) is 20.2 Å². The second-order valence-electron chi connectivity index (χ2n) is 6.26. The fourth-order valence-corrected chi connectivity index (χ4v) is 2.97. The summed E-state index contributed by atoms with van der Waals surface area (Å²) < 4.78 is 5.76. The van der Waals surface area contributed by atoms with Crippen LogP contribution < -0.4 is 14.8 Å². The van der Waals surface area contributed by atoms with E-state index >= 15 is 0 Å². The molecule has 3 rings (SSSR count). The number of pyridine rings is 1. The molecule has 26 heavy (non-hydrogen) atoms. The van der Waals surface area contributed by atoms with Crippen molar-refractivity contribution in [2.24, 2.45) is 0 Å². The molecule has 0 spiro atoms. The normalized spacial score (nSPS) is 16.6. The van der Waals surface area contributed by atoms with Crippen LogP contribution in [-0.4, -0.2) is 43.0 Å². The molecule has 7 nitrogen and oxygen atoms in total. The zero-order valence-corrected chi connectivity index (χ0v) is 14.6. The first-order valence-electron chi connectivity index (χ1n) is 8.45. The number of carbonyl (C=O) groups excluding carboxylic acids is 2. The third kappa shape index (κ3) is 4.30. The van der Waals surface area contributed by atoms with Crippen molar-refractivity contribution in [2.45, 2.75) is 18.9 Å². The molecule has 7 heteroatoms. The fraction of sp³-hybridized carbons (Fsp3) is 0.316. The average molecular weight is 355 g/mol. The Labute approximate surface area is 151 Å². The summed E-state index contributed by atoms with van der Waals surface area (Å²) in [6.45, 7) is 1.11. The number of likely N-dealkylation sites (tertiary alicyclic amines) is 1. The number of benzene rings is 1. The lowest BCUT2D eigenvalue weighted by atomic mass is 10.1. The molecule has 1 saturated heterocycles. The summed E-state index contributed by atoms with van der Waals surface area (Å²) in [5, 5.41) is 13.9. The first-order valence-corrected chi connectivity index (χ1v) is 8.45. The lowest BCUT2D eigenvalue weighted by Gasteiger charge is -2.17. The van der Waals surface area contributed by atoms with Crippen LogP contribution in [0.5, 0.6) is 5.75 Å². The van der Waals surface area contributed by atoms with Crippen molar-refractivity contribution in [3.05, 3.63) is 65.1 Å². The third-order valence-corrected chi connectivity index (χ3v) is 4.44. The van der Waals surface area contributed by atoms with Gasteiger partial charge in [-0.3, -0.25) is 9.59 Å². The first-order chi connectivity index (χ1) is 12.5. The number of hydrogen-bond donors (Lipinski definition) is 1. The minimum atomic E-state index is -0.277. The molecule has 0 bridgehead atoms. The van der Waals surface area contributed by atoms with E-state index in [2.05, 4.69) is 5.32 Å². The quantitative estimate of drug-likeness (QED) is 0.616. The van der Waals surface area contributed by atoms with E-state index in [1.54, 1.807) is 12.0 Å². The van der Waals surface area contributed by atoms with Gasteiger partial charge in [-0.15, -0.1) is 0 Å². The Kier molecular flexibility index (Phi) is 5.36. The molecule has 136 valence electrons. The van der Waals surface area contributed by atoms with E-state index in [1.165, 1.54) is 24.5 Å². The maximum Gasteiger partial charge on any atom is 0.252 e. The maximum atomic E-state index is 12.2. The lowest BCUT2D eigenvalue weighted by molar-refractivity contribution is -0.605. The Morgan fingerprint density at radius 2 is 1.96 bits per heavy atom. The number of aromatic nitrogens is 1. The van der Waals surface area contributed by atoms with Gasteiger partial charge in [0.1, 0.15) is 5.75 Å². The van der Waals surface area contributed by atoms with Crippen LogP contribution >= 0.6 is 0 Å². The standard InChI is InChI=1S/C19H21N3O4/c1-26-17-4-2-14(3-5-17)6-9-21-13-16(12-18(21)23)20-19(24)15-7-10-22(25)11-8-15/h2-5,7-8,10-11,16H,6,9,12-13H2,1H3,(H,20,24). The monoisotopic (exact) mass is 355 g/mol. The molecule has 0 radical (unpaired) electrons. The number of nitrogens with one attached hydrogen (secondary N) is 1. The zero-order valence-electron chi connectivity index (χ0n) is 14.6. The molecular formula is C19H21N3O4. The third-order valence-electron chi connectivity index (χ3n) is 4.44. The van der Waals surface area contributed by atoms with Gasteiger partial charge in [-0.05, 0) is 24.1 Å². The highest BCUT2D eigenvalue weighted by atomic mass is 16.5. The summed E-state index contributed by atoms with van der Waals surface area (Å²) in [4.78, 5) is 26.1. The van der Waals surface area contributed by atoms with Crippen LogP contribution in [0.4, 0.5) is 0 Å². The lowest BCUT2D eigenvalue weighted by Crippen LogP contribution is -2.38. The predicted molar refractivity (Wildman–Crippen MR) is 94.6 cm³/mol. The van der Waals surface area contributed by atoms with Crippen molar-refractivity contribution in [1.82, 2.24) is 10.2 Å². The Bertz CT molecular complexity index is 774. The van der Waals surface area contributed by atoms with E-state index in [0.29, 0.717) is 29.8 Å². The van der Waals surface area contributed by atoms with Crippen LogP contribution in [0.2, 0.25) is 0 Å². The van der Waals surface area contributed by atoms with Gasteiger partial charge in [0.2, 0.25) is 5.91 Å². The van der Waals surface area contributed by atoms with Crippen LogP contribution in [0.3, 0.4) is 0 Å². The molecular weight excluding hydrogens is 334 g/mol. The van der Waals surface area contributed by atoms with Gasteiger partial charge in [0.05, 0.1) is 18.7 Å². The van der Waals surface area contributed by atoms with Crippen LogP contribution in [0, 0.1) is 5.21 Å². The van der Waals surface area contributed by atoms with Crippen LogP contribution in [0.15, 0.2) is 48.8 Å². The number of carbonyl (C=O) groups is 2. The largest absolute Gasteiger partial charge is 0.619 e. The molecule has 0 saturated carbocycles. The molecule has 1 aliphatic heterocycles. The number of rotatable bonds is 6. The van der Waals surface area contributed by atoms with E-state index in [0.717, 1.165) is 17.7 Å². The molecule has 1 fully saturated rings. The highest BCUT2D eigenvalue weighted by Crippen LogP contribution is 2.15. The molecule has 2 aromatic rings. The summed E-state index contributed by atoms with van der Waals surface area (Å²) in [6.07, 6.45) is 3.59. The highest BCUT2D eigenvalue weighted by molar-refractivity contribution is 5.94. The zero-order chi connectivity index (χ0) is 18.5. The average Bonchev–Trinajstić information content (AvgIpc) is 3.00. The van der Waals surface area contributed by atoms with Crippen LogP contribution in [0.25, 0.3) is 0 Å². The molecule has 1 N–H and O–H groups in total. The molecule has 1 atom stereocenters. The summed E-state index contributed by atoms with van der Waals surface area (Å²) in [5.74, 6) is 0.562. The molecule has 1 aliphatic rings. The molecule has 0 aliphatic carbocycles. The van der Waals surface area contributed by atoms with Gasteiger partial charge < -0.3 is 20.2 Å². The topological polar surface area (TPSA) is 85.6 Å². The summed E-state index contributed by atoms with van der Waals surface area (Å²) in [6, 6.07) is 10.5. The van der Waals surface area contributed by atoms with E-state index in [9.17, 15) is 14.8 Å². The highest BCUT2D eigenvalue weighted by Gasteiger charge is 2.30. The van der Waals surface area contributed by atoms with Gasteiger partial charge >= 0.3 is 0 Å². The molecule has 1 unspecified atom stereocenters. The van der Waals surface area contributed by atoms with Gasteiger partial charge in [0.15, 0.2) is 12.4 Å². The minimum absolute atomic E-state index is 0.0364. The van der Waals surface area contributed by atoms with Gasteiger partial charge in [0.25, 0.3) is 5.91 Å². The Hall–Kier alpha value is -3.09. The number of hydrogen-bond acceptors (Lipinski definition) is 4. The van der Waals surface area contributed by atoms with Crippen LogP contribution in [0.1, 0.15) is 22.3 Å². The maximum absolute atomic E-state index is 12.2. The second kappa shape index (κ2) is 7.86.